The van der Waals surface area contributed by atoms with Crippen LogP contribution in [0.15, 0.2) is 60.8 Å². The van der Waals surface area contributed by atoms with Crippen molar-refractivity contribution < 1.29 is 24.2 Å². The number of nitrogens with zero attached hydrogens (tertiary/aromatic N) is 3. The fourth-order valence-corrected chi connectivity index (χ4v) is 8.12. The zero-order valence-electron chi connectivity index (χ0n) is 24.2. The number of aromatic amines is 1. The van der Waals surface area contributed by atoms with Gasteiger partial charge in [-0.25, -0.2) is 0 Å². The van der Waals surface area contributed by atoms with E-state index in [4.69, 9.17) is 4.74 Å². The minimum Gasteiger partial charge on any atom is -0.361 e. The molecule has 3 N–H and O–H groups in total. The number of H-pyrrole nitrogens is 1. The third kappa shape index (κ3) is 3.79. The van der Waals surface area contributed by atoms with Crippen molar-refractivity contribution in [2.45, 2.75) is 62.4 Å². The van der Waals surface area contributed by atoms with Gasteiger partial charge >= 0.3 is 0 Å². The second-order valence-corrected chi connectivity index (χ2v) is 12.8. The molecule has 222 valence electrons. The Hall–Kier alpha value is -3.99. The van der Waals surface area contributed by atoms with Gasteiger partial charge in [0.15, 0.2) is 0 Å². The molecule has 10 heteroatoms. The molecule has 4 aliphatic heterocycles. The molecule has 3 saturated heterocycles. The van der Waals surface area contributed by atoms with E-state index in [1.165, 1.54) is 22.8 Å². The predicted molar refractivity (Wildman–Crippen MR) is 158 cm³/mol. The van der Waals surface area contributed by atoms with Gasteiger partial charge in [-0.1, -0.05) is 48.5 Å². The van der Waals surface area contributed by atoms with Crippen LogP contribution >= 0.6 is 0 Å². The molecule has 0 bridgehead atoms. The normalized spacial score (nSPS) is 33.3. The highest BCUT2D eigenvalue weighted by molar-refractivity contribution is 6.00. The van der Waals surface area contributed by atoms with Crippen LogP contribution in [0, 0.1) is 5.92 Å². The standard InChI is InChI=1S/C33H35N5O5/c1-32(35-29(39)21-15-23-22-10-6-11-24-28(22)20(17-34-24)16-25(23)36(2)18-21)31(41)38-26(14-19-8-4-3-5-9-19)30(40)37-13-7-12-27(37)33(38,42)43-32/h3-6,8-11,15,17,21,25-27,34,42H,7,12-14,16,18H2,1-2H3,(H,35,39)/t21-,25-,26+,27+,32-,33-/m1/s1. The summed E-state index contributed by atoms with van der Waals surface area (Å²) in [6, 6.07) is 14.1. The molecule has 3 fully saturated rings. The molecule has 43 heavy (non-hydrogen) atoms. The van der Waals surface area contributed by atoms with E-state index in [-0.39, 0.29) is 24.3 Å². The van der Waals surface area contributed by atoms with Crippen LogP contribution < -0.4 is 5.32 Å². The lowest BCUT2D eigenvalue weighted by atomic mass is 9.79. The van der Waals surface area contributed by atoms with Gasteiger partial charge in [0, 0.05) is 42.7 Å². The molecule has 1 aliphatic carbocycles. The number of aromatic nitrogens is 1. The van der Waals surface area contributed by atoms with Crippen LogP contribution in [0.4, 0.5) is 0 Å². The first-order chi connectivity index (χ1) is 20.7. The summed E-state index contributed by atoms with van der Waals surface area (Å²) in [6.07, 6.45) is 6.38. The molecular formula is C33H35N5O5. The molecule has 0 spiro atoms. The average Bonchev–Trinajstić information content (AvgIpc) is 3.70. The summed E-state index contributed by atoms with van der Waals surface area (Å²) < 4.78 is 6.23. The van der Waals surface area contributed by atoms with E-state index in [0.29, 0.717) is 25.9 Å². The molecule has 3 amide bonds. The molecule has 1 aromatic heterocycles. The topological polar surface area (TPSA) is 118 Å². The molecule has 6 atom stereocenters. The zero-order chi connectivity index (χ0) is 29.7. The molecule has 0 radical (unpaired) electrons. The lowest BCUT2D eigenvalue weighted by molar-refractivity contribution is -0.315. The first kappa shape index (κ1) is 26.6. The van der Waals surface area contributed by atoms with Gasteiger partial charge < -0.3 is 20.3 Å². The number of likely N-dealkylation sites (N-methyl/N-ethyl adjacent to an activating group) is 1. The number of hydrogen-bond acceptors (Lipinski definition) is 6. The van der Waals surface area contributed by atoms with E-state index >= 15 is 0 Å². The Kier molecular flexibility index (Phi) is 5.73. The number of benzene rings is 2. The van der Waals surface area contributed by atoms with Gasteiger partial charge in [-0.2, -0.15) is 0 Å². The number of aliphatic hydroxyl groups is 1. The summed E-state index contributed by atoms with van der Waals surface area (Å²) in [5, 5.41) is 16.1. The predicted octanol–water partition coefficient (Wildman–Crippen LogP) is 1.99. The third-order valence-corrected chi connectivity index (χ3v) is 10.1. The van der Waals surface area contributed by atoms with E-state index in [9.17, 15) is 19.5 Å². The zero-order valence-corrected chi connectivity index (χ0v) is 24.2. The maximum Gasteiger partial charge on any atom is 0.280 e. The molecular weight excluding hydrogens is 546 g/mol. The van der Waals surface area contributed by atoms with E-state index in [0.717, 1.165) is 28.6 Å². The molecule has 2 aromatic carbocycles. The van der Waals surface area contributed by atoms with Crippen LogP contribution in [0.5, 0.6) is 0 Å². The fraction of sp³-hybridized carbons (Fsp3) is 0.424. The van der Waals surface area contributed by atoms with Crippen LogP contribution in [-0.4, -0.2) is 92.4 Å². The molecule has 0 unspecified atom stereocenters. The van der Waals surface area contributed by atoms with Gasteiger partial charge in [0.25, 0.3) is 11.8 Å². The average molecular weight is 582 g/mol. The first-order valence-electron chi connectivity index (χ1n) is 15.1. The maximum absolute atomic E-state index is 14.2. The number of piperazine rings is 1. The van der Waals surface area contributed by atoms with Crippen molar-refractivity contribution in [1.82, 2.24) is 25.0 Å². The summed E-state index contributed by atoms with van der Waals surface area (Å²) in [4.78, 5) is 50.2. The second-order valence-electron chi connectivity index (χ2n) is 12.8. The Morgan fingerprint density at radius 2 is 1.98 bits per heavy atom. The summed E-state index contributed by atoms with van der Waals surface area (Å²) in [7, 11) is 2.02. The highest BCUT2D eigenvalue weighted by atomic mass is 16.7. The van der Waals surface area contributed by atoms with Gasteiger partial charge in [0.1, 0.15) is 12.1 Å². The molecule has 5 aliphatic rings. The van der Waals surface area contributed by atoms with E-state index in [1.807, 2.05) is 49.5 Å². The lowest BCUT2D eigenvalue weighted by Crippen LogP contribution is -2.71. The molecule has 3 aromatic rings. The molecule has 10 nitrogen and oxygen atoms in total. The van der Waals surface area contributed by atoms with Gasteiger partial charge in [-0.15, -0.1) is 0 Å². The van der Waals surface area contributed by atoms with Crippen LogP contribution in [0.1, 0.15) is 36.5 Å². The van der Waals surface area contributed by atoms with Crippen molar-refractivity contribution in [1.29, 1.82) is 0 Å². The number of rotatable bonds is 4. The minimum absolute atomic E-state index is 0.144. The first-order valence-corrected chi connectivity index (χ1v) is 15.1. The van der Waals surface area contributed by atoms with E-state index < -0.39 is 35.5 Å². The van der Waals surface area contributed by atoms with E-state index in [2.05, 4.69) is 33.5 Å². The van der Waals surface area contributed by atoms with E-state index in [1.54, 1.807) is 4.90 Å². The van der Waals surface area contributed by atoms with Crippen molar-refractivity contribution >= 4 is 34.2 Å². The smallest absolute Gasteiger partial charge is 0.280 e. The van der Waals surface area contributed by atoms with Crippen molar-refractivity contribution in [3.8, 4) is 0 Å². The number of hydrogen-bond donors (Lipinski definition) is 3. The summed E-state index contributed by atoms with van der Waals surface area (Å²) >= 11 is 0. The molecule has 0 saturated carbocycles. The third-order valence-electron chi connectivity index (χ3n) is 10.1. The Morgan fingerprint density at radius 1 is 1.16 bits per heavy atom. The van der Waals surface area contributed by atoms with Crippen LogP contribution in [0.2, 0.25) is 0 Å². The summed E-state index contributed by atoms with van der Waals surface area (Å²) in [6.45, 7) is 2.45. The van der Waals surface area contributed by atoms with Crippen LogP contribution in [-0.2, 0) is 32.0 Å². The maximum atomic E-state index is 14.2. The summed E-state index contributed by atoms with van der Waals surface area (Å²) in [5.41, 5.74) is 3.58. The van der Waals surface area contributed by atoms with Gasteiger partial charge in [0.05, 0.1) is 5.92 Å². The van der Waals surface area contributed by atoms with Crippen LogP contribution in [0.25, 0.3) is 16.5 Å². The number of nitrogens with one attached hydrogen (secondary N) is 2. The van der Waals surface area contributed by atoms with Gasteiger partial charge in [-0.3, -0.25) is 28.9 Å². The minimum atomic E-state index is -2.04. The number of carbonyl (C=O) groups is 3. The number of amides is 3. The van der Waals surface area contributed by atoms with Crippen molar-refractivity contribution in [3.63, 3.8) is 0 Å². The Bertz CT molecular complexity index is 1700. The Labute approximate surface area is 249 Å². The quantitative estimate of drug-likeness (QED) is 0.434. The SMILES string of the molecule is CN1C[C@H](C(=O)N[C@]2(C)O[C@]3(O)[C@@H]4CCCN4C(=O)[C@H](Cc4ccccc4)N3C2=O)C=C2c3cccc4[nH]cc(c34)C[C@H]21. The number of carbonyl (C=O) groups excluding carboxylic acids is 3. The van der Waals surface area contributed by atoms with Gasteiger partial charge in [-0.05, 0) is 61.6 Å². The highest BCUT2D eigenvalue weighted by Gasteiger charge is 2.70. The van der Waals surface area contributed by atoms with Crippen molar-refractivity contribution in [2.24, 2.45) is 5.92 Å². The number of fused-ring (bicyclic) bond motifs is 5. The second kappa shape index (κ2) is 9.25. The monoisotopic (exact) mass is 581 g/mol. The molecule has 8 rings (SSSR count). The van der Waals surface area contributed by atoms with Crippen molar-refractivity contribution in [3.05, 3.63) is 77.5 Å². The van der Waals surface area contributed by atoms with Gasteiger partial charge in [0.2, 0.25) is 17.5 Å². The fourth-order valence-electron chi connectivity index (χ4n) is 8.12. The Balaban J connectivity index is 1.11. The largest absolute Gasteiger partial charge is 0.361 e. The molecule has 5 heterocycles. The van der Waals surface area contributed by atoms with Crippen LogP contribution in [0.3, 0.4) is 0 Å². The Morgan fingerprint density at radius 3 is 2.79 bits per heavy atom. The van der Waals surface area contributed by atoms with Crippen molar-refractivity contribution in [2.75, 3.05) is 20.1 Å². The highest BCUT2D eigenvalue weighted by Crippen LogP contribution is 2.46. The summed E-state index contributed by atoms with van der Waals surface area (Å²) in [5.74, 6) is -3.77. The number of ether oxygens (including phenoxy) is 1. The lowest BCUT2D eigenvalue weighted by Gasteiger charge is -2.48.